The Balaban J connectivity index is 0. The molecule has 0 aliphatic carbocycles. The van der Waals surface area contributed by atoms with Gasteiger partial charge in [0.2, 0.25) is 0 Å². The highest BCUT2D eigenvalue weighted by Gasteiger charge is 1.79. The lowest BCUT2D eigenvalue weighted by Gasteiger charge is -1.88. The van der Waals surface area contributed by atoms with Crippen LogP contribution in [-0.2, 0) is 0 Å². The van der Waals surface area contributed by atoms with Crippen molar-refractivity contribution in [2.24, 2.45) is 10.7 Å². The molecule has 2 nitrogen and oxygen atoms in total. The molecule has 0 atom stereocenters. The quantitative estimate of drug-likeness (QED) is 0.285. The van der Waals surface area contributed by atoms with E-state index in [0.29, 0.717) is 5.17 Å². The molecule has 0 rings (SSSR count). The third kappa shape index (κ3) is 11.6. The summed E-state index contributed by atoms with van der Waals surface area (Å²) in [6.07, 6.45) is 2.26. The number of aliphatic imine (C=N–C) groups is 1. The number of thiol groups is 1. The lowest BCUT2D eigenvalue weighted by atomic mass is 10.3. The molecule has 0 amide bonds. The van der Waals surface area contributed by atoms with Crippen molar-refractivity contribution in [1.29, 1.82) is 0 Å². The fourth-order valence-electron chi connectivity index (χ4n) is 0.352. The number of hydrogen-bond donors (Lipinski definition) is 2. The predicted molar refractivity (Wildman–Crippen MR) is 47.6 cm³/mol. The van der Waals surface area contributed by atoms with Gasteiger partial charge in [-0.2, -0.15) is 0 Å². The van der Waals surface area contributed by atoms with Gasteiger partial charge in [-0.25, -0.2) is 0 Å². The number of unbranched alkanes of at least 4 members (excludes halogenated alkanes) is 1. The molecule has 0 radical (unpaired) electrons. The predicted octanol–water partition coefficient (Wildman–Crippen LogP) is 1.45. The maximum atomic E-state index is 5.15. The average molecular weight is 169 g/mol. The van der Waals surface area contributed by atoms with E-state index >= 15 is 0 Å². The van der Waals surface area contributed by atoms with E-state index in [0.717, 1.165) is 19.4 Å². The molecule has 4 heteroatoms. The summed E-state index contributed by atoms with van der Waals surface area (Å²) >= 11 is 3.80. The molecule has 0 aromatic heterocycles. The summed E-state index contributed by atoms with van der Waals surface area (Å²) in [5.41, 5.74) is 5.15. The topological polar surface area (TPSA) is 38.4 Å². The summed E-state index contributed by atoms with van der Waals surface area (Å²) in [6.45, 7) is 2.93. The van der Waals surface area contributed by atoms with Crippen molar-refractivity contribution in [3.8, 4) is 0 Å². The highest BCUT2D eigenvalue weighted by Crippen LogP contribution is 1.86. The van der Waals surface area contributed by atoms with Gasteiger partial charge in [-0.1, -0.05) is 13.3 Å². The second kappa shape index (κ2) is 8.11. The Hall–Kier alpha value is 0.110. The molecule has 0 aliphatic heterocycles. The largest absolute Gasteiger partial charge is 0.379 e. The third-order valence-electron chi connectivity index (χ3n) is 0.785. The Morgan fingerprint density at radius 1 is 1.67 bits per heavy atom. The average Bonchev–Trinajstić information content (AvgIpc) is 1.66. The molecule has 0 fully saturated rings. The normalized spacial score (nSPS) is 10.7. The molecule has 0 saturated heterocycles. The minimum atomic E-state index is 0. The highest BCUT2D eigenvalue weighted by atomic mass is 35.5. The number of amidine groups is 1. The monoisotopic (exact) mass is 168 g/mol. The smallest absolute Gasteiger partial charge is 0.150 e. The summed E-state index contributed by atoms with van der Waals surface area (Å²) in [5.74, 6) is 0. The van der Waals surface area contributed by atoms with E-state index < -0.39 is 0 Å². The van der Waals surface area contributed by atoms with Crippen molar-refractivity contribution < 1.29 is 0 Å². The number of nitrogens with zero attached hydrogens (tertiary/aromatic N) is 1. The zero-order valence-corrected chi connectivity index (χ0v) is 7.21. The van der Waals surface area contributed by atoms with E-state index in [9.17, 15) is 0 Å². The highest BCUT2D eigenvalue weighted by molar-refractivity contribution is 7.96. The van der Waals surface area contributed by atoms with Gasteiger partial charge >= 0.3 is 0 Å². The maximum Gasteiger partial charge on any atom is 0.150 e. The van der Waals surface area contributed by atoms with Crippen molar-refractivity contribution in [3.63, 3.8) is 0 Å². The van der Waals surface area contributed by atoms with Crippen LogP contribution < -0.4 is 5.73 Å². The molecule has 0 aromatic rings. The van der Waals surface area contributed by atoms with Gasteiger partial charge in [0.15, 0.2) is 5.17 Å². The van der Waals surface area contributed by atoms with Gasteiger partial charge in [-0.15, -0.1) is 25.0 Å². The molecule has 2 N–H and O–H groups in total. The summed E-state index contributed by atoms with van der Waals surface area (Å²) in [5, 5.41) is 0.387. The van der Waals surface area contributed by atoms with E-state index in [1.54, 1.807) is 0 Å². The van der Waals surface area contributed by atoms with Gasteiger partial charge in [0.1, 0.15) is 0 Å². The zero-order chi connectivity index (χ0) is 6.41. The molecule has 0 unspecified atom stereocenters. The first-order valence-electron chi connectivity index (χ1n) is 2.76. The van der Waals surface area contributed by atoms with E-state index in [1.165, 1.54) is 0 Å². The molecule has 0 bridgehead atoms. The van der Waals surface area contributed by atoms with E-state index in [1.807, 2.05) is 0 Å². The molecular formula is C5H13ClN2S. The first-order chi connectivity index (χ1) is 3.77. The first-order valence-corrected chi connectivity index (χ1v) is 3.21. The molecule has 0 spiro atoms. The minimum absolute atomic E-state index is 0. The Morgan fingerprint density at radius 3 is 2.56 bits per heavy atom. The summed E-state index contributed by atoms with van der Waals surface area (Å²) in [7, 11) is 0. The number of rotatable bonds is 3. The lowest BCUT2D eigenvalue weighted by molar-refractivity contribution is 0.809. The van der Waals surface area contributed by atoms with Gasteiger partial charge in [0.05, 0.1) is 0 Å². The second-order valence-electron chi connectivity index (χ2n) is 1.59. The number of nitrogens with two attached hydrogens (primary N) is 1. The standard InChI is InChI=1S/C5H12N2S.ClH/c1-2-3-4-7-5(6)8;/h2-4H2,1H3,(H3,6,7,8);1H. The fraction of sp³-hybridized carbons (Fsp3) is 0.800. The maximum absolute atomic E-state index is 5.15. The van der Waals surface area contributed by atoms with Crippen LogP contribution in [-0.4, -0.2) is 11.7 Å². The molecular weight excluding hydrogens is 156 g/mol. The van der Waals surface area contributed by atoms with E-state index in [2.05, 4.69) is 24.5 Å². The van der Waals surface area contributed by atoms with Crippen LogP contribution in [0.4, 0.5) is 0 Å². The molecule has 0 saturated carbocycles. The Labute approximate surface area is 67.7 Å². The second-order valence-corrected chi connectivity index (χ2v) is 2.05. The number of halogens is 1. The first kappa shape index (κ1) is 11.9. The van der Waals surface area contributed by atoms with Gasteiger partial charge in [0, 0.05) is 6.54 Å². The van der Waals surface area contributed by atoms with Gasteiger partial charge in [-0.05, 0) is 6.42 Å². The van der Waals surface area contributed by atoms with E-state index in [4.69, 9.17) is 5.73 Å². The van der Waals surface area contributed by atoms with Crippen LogP contribution in [0.2, 0.25) is 0 Å². The SMILES string of the molecule is CCCCN=C(N)S.Cl. The van der Waals surface area contributed by atoms with Gasteiger partial charge in [0.25, 0.3) is 0 Å². The fourth-order valence-corrected chi connectivity index (χ4v) is 0.452. The van der Waals surface area contributed by atoms with Crippen LogP contribution in [0, 0.1) is 0 Å². The van der Waals surface area contributed by atoms with Crippen molar-refractivity contribution in [2.75, 3.05) is 6.54 Å². The van der Waals surface area contributed by atoms with Crippen LogP contribution >= 0.6 is 25.0 Å². The molecule has 0 aromatic carbocycles. The molecule has 56 valence electrons. The minimum Gasteiger partial charge on any atom is -0.379 e. The lowest BCUT2D eigenvalue weighted by Crippen LogP contribution is -2.02. The summed E-state index contributed by atoms with van der Waals surface area (Å²) in [4.78, 5) is 3.87. The molecule has 0 aliphatic rings. The third-order valence-corrected chi connectivity index (χ3v) is 0.927. The van der Waals surface area contributed by atoms with Crippen LogP contribution in [0.25, 0.3) is 0 Å². The van der Waals surface area contributed by atoms with Crippen molar-refractivity contribution in [1.82, 2.24) is 0 Å². The number of hydrogen-bond acceptors (Lipinski definition) is 1. The Morgan fingerprint density at radius 2 is 2.22 bits per heavy atom. The summed E-state index contributed by atoms with van der Waals surface area (Å²) < 4.78 is 0. The van der Waals surface area contributed by atoms with E-state index in [-0.39, 0.29) is 12.4 Å². The van der Waals surface area contributed by atoms with Gasteiger partial charge < -0.3 is 5.73 Å². The molecule has 0 heterocycles. The zero-order valence-electron chi connectivity index (χ0n) is 5.50. The van der Waals surface area contributed by atoms with Crippen molar-refractivity contribution in [2.45, 2.75) is 19.8 Å². The van der Waals surface area contributed by atoms with Crippen LogP contribution in [0.1, 0.15) is 19.8 Å². The van der Waals surface area contributed by atoms with Crippen molar-refractivity contribution in [3.05, 3.63) is 0 Å². The van der Waals surface area contributed by atoms with Crippen LogP contribution in [0.15, 0.2) is 4.99 Å². The summed E-state index contributed by atoms with van der Waals surface area (Å²) in [6, 6.07) is 0. The molecule has 9 heavy (non-hydrogen) atoms. The van der Waals surface area contributed by atoms with Crippen LogP contribution in [0.3, 0.4) is 0 Å². The Bertz CT molecular complexity index is 81.0. The Kier molecular flexibility index (Phi) is 10.7. The van der Waals surface area contributed by atoms with Crippen molar-refractivity contribution >= 4 is 30.2 Å². The van der Waals surface area contributed by atoms with Gasteiger partial charge in [-0.3, -0.25) is 4.99 Å². The van der Waals surface area contributed by atoms with Crippen LogP contribution in [0.5, 0.6) is 0 Å².